The molecule has 1 amide bonds. The number of nitrogen functional groups attached to an aromatic ring is 1. The van der Waals surface area contributed by atoms with Crippen LogP contribution in [-0.4, -0.2) is 33.5 Å². The molecule has 1 aromatic carbocycles. The van der Waals surface area contributed by atoms with Gasteiger partial charge >= 0.3 is 0 Å². The highest BCUT2D eigenvalue weighted by Gasteiger charge is 2.16. The van der Waals surface area contributed by atoms with Crippen LogP contribution >= 0.6 is 0 Å². The third kappa shape index (κ3) is 4.61. The first-order chi connectivity index (χ1) is 9.67. The highest BCUT2D eigenvalue weighted by molar-refractivity contribution is 7.89. The summed E-state index contributed by atoms with van der Waals surface area (Å²) in [5.41, 5.74) is 6.61. The molecule has 5 N–H and O–H groups in total. The van der Waals surface area contributed by atoms with Gasteiger partial charge in [0.15, 0.2) is 0 Å². The Morgan fingerprint density at radius 3 is 2.33 bits per heavy atom. The summed E-state index contributed by atoms with van der Waals surface area (Å²) in [5.74, 6) is -0.156. The molecule has 118 valence electrons. The summed E-state index contributed by atoms with van der Waals surface area (Å²) in [6.07, 6.45) is 0. The van der Waals surface area contributed by atoms with Gasteiger partial charge in [0.1, 0.15) is 6.04 Å². The molecule has 0 aliphatic carbocycles. The Morgan fingerprint density at radius 2 is 1.86 bits per heavy atom. The summed E-state index contributed by atoms with van der Waals surface area (Å²) in [4.78, 5) is 11.9. The third-order valence-corrected chi connectivity index (χ3v) is 4.21. The number of nitrogens with two attached hydrogens (primary N) is 1. The number of benzene rings is 1. The van der Waals surface area contributed by atoms with Gasteiger partial charge in [-0.05, 0) is 46.0 Å². The van der Waals surface area contributed by atoms with Gasteiger partial charge in [-0.15, -0.1) is 0 Å². The average Bonchev–Trinajstić information content (AvgIpc) is 2.39. The van der Waals surface area contributed by atoms with E-state index in [-0.39, 0.29) is 22.5 Å². The predicted octanol–water partition coefficient (Wildman–Crippen LogP) is 0.502. The highest BCUT2D eigenvalue weighted by Crippen LogP contribution is 2.23. The van der Waals surface area contributed by atoms with Crippen molar-refractivity contribution < 1.29 is 13.2 Å². The summed E-state index contributed by atoms with van der Waals surface area (Å²) < 4.78 is 25.5. The van der Waals surface area contributed by atoms with Crippen LogP contribution in [0.5, 0.6) is 0 Å². The van der Waals surface area contributed by atoms with Crippen molar-refractivity contribution >= 4 is 27.3 Å². The predicted molar refractivity (Wildman–Crippen MR) is 83.5 cm³/mol. The Kier molecular flexibility index (Phi) is 5.56. The van der Waals surface area contributed by atoms with Crippen molar-refractivity contribution in [2.24, 2.45) is 0 Å². The lowest BCUT2D eigenvalue weighted by atomic mass is 10.2. The Balaban J connectivity index is 2.89. The van der Waals surface area contributed by atoms with Gasteiger partial charge in [0.05, 0.1) is 16.3 Å². The summed E-state index contributed by atoms with van der Waals surface area (Å²) in [6, 6.07) is 3.88. The number of carbonyl (C=O) groups excluding carboxylic acids is 1. The number of nitrogens with one attached hydrogen (secondary N) is 3. The van der Waals surface area contributed by atoms with Crippen LogP contribution in [-0.2, 0) is 14.8 Å². The molecule has 0 aromatic heterocycles. The van der Waals surface area contributed by atoms with Gasteiger partial charge in [-0.3, -0.25) is 4.79 Å². The SMILES string of the molecule is CNS(=O)(=O)c1ccc(NC(C)C(=O)NC(C)C)c(N)c1. The second kappa shape index (κ2) is 6.77. The molecule has 7 nitrogen and oxygen atoms in total. The molecule has 0 fully saturated rings. The van der Waals surface area contributed by atoms with Crippen LogP contribution in [0, 0.1) is 0 Å². The minimum atomic E-state index is -3.54. The van der Waals surface area contributed by atoms with Gasteiger partial charge in [-0.2, -0.15) is 0 Å². The van der Waals surface area contributed by atoms with E-state index in [0.717, 1.165) is 0 Å². The second-order valence-corrected chi connectivity index (χ2v) is 6.87. The van der Waals surface area contributed by atoms with E-state index in [1.165, 1.54) is 19.2 Å². The standard InChI is InChI=1S/C13H22N4O3S/c1-8(2)16-13(18)9(3)17-12-6-5-10(7-11(12)14)21(19,20)15-4/h5-9,15,17H,14H2,1-4H3,(H,16,18). The zero-order valence-electron chi connectivity index (χ0n) is 12.6. The van der Waals surface area contributed by atoms with E-state index >= 15 is 0 Å². The van der Waals surface area contributed by atoms with Gasteiger partial charge in [0, 0.05) is 6.04 Å². The van der Waals surface area contributed by atoms with E-state index < -0.39 is 16.1 Å². The minimum Gasteiger partial charge on any atom is -0.397 e. The van der Waals surface area contributed by atoms with Gasteiger partial charge in [0.2, 0.25) is 15.9 Å². The molecule has 1 aromatic rings. The summed E-state index contributed by atoms with van der Waals surface area (Å²) in [6.45, 7) is 5.45. The van der Waals surface area contributed by atoms with Crippen molar-refractivity contribution in [2.75, 3.05) is 18.1 Å². The first-order valence-corrected chi connectivity index (χ1v) is 8.05. The fourth-order valence-electron chi connectivity index (χ4n) is 1.67. The molecule has 1 rings (SSSR count). The first kappa shape index (κ1) is 17.3. The maximum absolute atomic E-state index is 11.8. The molecule has 0 saturated carbocycles. The molecule has 1 unspecified atom stereocenters. The van der Waals surface area contributed by atoms with Gasteiger partial charge in [-0.25, -0.2) is 13.1 Å². The quantitative estimate of drug-likeness (QED) is 0.571. The maximum Gasteiger partial charge on any atom is 0.242 e. The number of anilines is 2. The molecular weight excluding hydrogens is 292 g/mol. The van der Waals surface area contributed by atoms with Gasteiger partial charge in [-0.1, -0.05) is 0 Å². The Bertz CT molecular complexity index is 614. The van der Waals surface area contributed by atoms with Crippen LogP contribution in [0.2, 0.25) is 0 Å². The number of sulfonamides is 1. The molecule has 0 spiro atoms. The summed E-state index contributed by atoms with van der Waals surface area (Å²) >= 11 is 0. The fraction of sp³-hybridized carbons (Fsp3) is 0.462. The van der Waals surface area contributed by atoms with E-state index in [1.54, 1.807) is 13.0 Å². The lowest BCUT2D eigenvalue weighted by molar-refractivity contribution is -0.122. The molecule has 0 aliphatic heterocycles. The monoisotopic (exact) mass is 314 g/mol. The second-order valence-electron chi connectivity index (χ2n) is 4.99. The Hall–Kier alpha value is -1.80. The highest BCUT2D eigenvalue weighted by atomic mass is 32.2. The van der Waals surface area contributed by atoms with Crippen molar-refractivity contribution in [1.82, 2.24) is 10.0 Å². The van der Waals surface area contributed by atoms with Crippen molar-refractivity contribution in [1.29, 1.82) is 0 Å². The zero-order chi connectivity index (χ0) is 16.2. The number of carbonyl (C=O) groups is 1. The minimum absolute atomic E-state index is 0.0437. The smallest absolute Gasteiger partial charge is 0.242 e. The molecule has 0 radical (unpaired) electrons. The average molecular weight is 314 g/mol. The summed E-state index contributed by atoms with van der Waals surface area (Å²) in [7, 11) is -2.21. The Morgan fingerprint density at radius 1 is 1.24 bits per heavy atom. The van der Waals surface area contributed by atoms with Crippen LogP contribution < -0.4 is 21.1 Å². The largest absolute Gasteiger partial charge is 0.397 e. The summed E-state index contributed by atoms with van der Waals surface area (Å²) in [5, 5.41) is 5.74. The molecule has 0 heterocycles. The first-order valence-electron chi connectivity index (χ1n) is 6.57. The molecule has 21 heavy (non-hydrogen) atoms. The number of amides is 1. The van der Waals surface area contributed by atoms with E-state index in [4.69, 9.17) is 5.73 Å². The van der Waals surface area contributed by atoms with E-state index in [1.807, 2.05) is 13.8 Å². The van der Waals surface area contributed by atoms with Crippen LogP contribution in [0.25, 0.3) is 0 Å². The lowest BCUT2D eigenvalue weighted by Crippen LogP contribution is -2.41. The van der Waals surface area contributed by atoms with Gasteiger partial charge < -0.3 is 16.4 Å². The molecule has 8 heteroatoms. The topological polar surface area (TPSA) is 113 Å². The van der Waals surface area contributed by atoms with Crippen molar-refractivity contribution in [3.63, 3.8) is 0 Å². The van der Waals surface area contributed by atoms with Crippen molar-refractivity contribution in [3.05, 3.63) is 18.2 Å². The lowest BCUT2D eigenvalue weighted by Gasteiger charge is -2.18. The normalized spacial score (nSPS) is 13.0. The number of hydrogen-bond donors (Lipinski definition) is 4. The molecular formula is C13H22N4O3S. The fourth-order valence-corrected chi connectivity index (χ4v) is 2.43. The van der Waals surface area contributed by atoms with E-state index in [2.05, 4.69) is 15.4 Å². The van der Waals surface area contributed by atoms with Crippen LogP contribution in [0.1, 0.15) is 20.8 Å². The Labute approximate surface area is 125 Å². The molecule has 0 bridgehead atoms. The zero-order valence-corrected chi connectivity index (χ0v) is 13.4. The maximum atomic E-state index is 11.8. The third-order valence-electron chi connectivity index (χ3n) is 2.80. The van der Waals surface area contributed by atoms with E-state index in [9.17, 15) is 13.2 Å². The molecule has 0 aliphatic rings. The number of rotatable bonds is 6. The van der Waals surface area contributed by atoms with Crippen LogP contribution in [0.3, 0.4) is 0 Å². The molecule has 0 saturated heterocycles. The van der Waals surface area contributed by atoms with Crippen molar-refractivity contribution in [3.8, 4) is 0 Å². The number of hydrogen-bond acceptors (Lipinski definition) is 5. The molecule has 1 atom stereocenters. The van der Waals surface area contributed by atoms with E-state index in [0.29, 0.717) is 5.69 Å². The van der Waals surface area contributed by atoms with Crippen LogP contribution in [0.15, 0.2) is 23.1 Å². The van der Waals surface area contributed by atoms with Crippen molar-refractivity contribution in [2.45, 2.75) is 37.8 Å². The van der Waals surface area contributed by atoms with Crippen LogP contribution in [0.4, 0.5) is 11.4 Å². The van der Waals surface area contributed by atoms with Gasteiger partial charge in [0.25, 0.3) is 0 Å².